The summed E-state index contributed by atoms with van der Waals surface area (Å²) in [5.74, 6) is 0. The minimum Gasteiger partial charge on any atom is -0.372 e. The minimum atomic E-state index is 0.157. The van der Waals surface area contributed by atoms with Gasteiger partial charge in [-0.2, -0.15) is 0 Å². The molecule has 17 heavy (non-hydrogen) atoms. The van der Waals surface area contributed by atoms with E-state index in [1.807, 2.05) is 6.07 Å². The first-order valence-electron chi connectivity index (χ1n) is 6.34. The van der Waals surface area contributed by atoms with E-state index in [0.717, 1.165) is 17.5 Å². The Morgan fingerprint density at radius 2 is 2.29 bits per heavy atom. The Labute approximate surface area is 112 Å². The van der Waals surface area contributed by atoms with Crippen LogP contribution in [0.5, 0.6) is 0 Å². The van der Waals surface area contributed by atoms with E-state index in [1.54, 1.807) is 0 Å². The lowest BCUT2D eigenvalue weighted by Gasteiger charge is -2.24. The van der Waals surface area contributed by atoms with Crippen LogP contribution in [0.15, 0.2) is 28.7 Å². The molecule has 0 saturated carbocycles. The second kappa shape index (κ2) is 5.98. The topological polar surface area (TPSA) is 21.3 Å². The predicted molar refractivity (Wildman–Crippen MR) is 74.1 cm³/mol. The molecule has 94 valence electrons. The molecular weight excluding hydrogens is 278 g/mol. The number of halogens is 1. The van der Waals surface area contributed by atoms with Crippen molar-refractivity contribution in [3.63, 3.8) is 0 Å². The van der Waals surface area contributed by atoms with Crippen molar-refractivity contribution in [2.24, 2.45) is 0 Å². The summed E-state index contributed by atoms with van der Waals surface area (Å²) in [5.41, 5.74) is 1.25. The number of hydrogen-bond acceptors (Lipinski definition) is 2. The van der Waals surface area contributed by atoms with Gasteiger partial charge >= 0.3 is 0 Å². The summed E-state index contributed by atoms with van der Waals surface area (Å²) in [5, 5.41) is 3.66. The lowest BCUT2D eigenvalue weighted by atomic mass is 10.0. The number of rotatable bonds is 2. The van der Waals surface area contributed by atoms with Gasteiger partial charge in [0, 0.05) is 23.2 Å². The summed E-state index contributed by atoms with van der Waals surface area (Å²) in [6, 6.07) is 9.35. The van der Waals surface area contributed by atoms with E-state index in [9.17, 15) is 0 Å². The first kappa shape index (κ1) is 13.1. The Morgan fingerprint density at radius 1 is 1.47 bits per heavy atom. The molecule has 0 bridgehead atoms. The molecule has 2 rings (SSSR count). The molecule has 0 aliphatic carbocycles. The van der Waals surface area contributed by atoms with Crippen molar-refractivity contribution in [1.82, 2.24) is 5.32 Å². The number of ether oxygens (including phenoxy) is 1. The molecule has 1 saturated heterocycles. The maximum absolute atomic E-state index is 6.01. The van der Waals surface area contributed by atoms with Crippen molar-refractivity contribution in [3.05, 3.63) is 34.3 Å². The largest absolute Gasteiger partial charge is 0.372 e. The van der Waals surface area contributed by atoms with Crippen LogP contribution in [0.2, 0.25) is 0 Å². The third-order valence-corrected chi connectivity index (χ3v) is 3.88. The van der Waals surface area contributed by atoms with Gasteiger partial charge in [0.2, 0.25) is 0 Å². The van der Waals surface area contributed by atoms with Crippen LogP contribution < -0.4 is 5.32 Å². The highest BCUT2D eigenvalue weighted by Crippen LogP contribution is 2.27. The molecule has 0 radical (unpaired) electrons. The number of benzene rings is 1. The SMILES string of the molecule is CCC1CCOC(c2cccc(Br)c2)C(C)N1. The summed E-state index contributed by atoms with van der Waals surface area (Å²) in [7, 11) is 0. The third kappa shape index (κ3) is 3.30. The van der Waals surface area contributed by atoms with E-state index < -0.39 is 0 Å². The maximum atomic E-state index is 6.01. The molecule has 0 amide bonds. The highest BCUT2D eigenvalue weighted by atomic mass is 79.9. The van der Waals surface area contributed by atoms with Gasteiger partial charge in [0.15, 0.2) is 0 Å². The van der Waals surface area contributed by atoms with Crippen LogP contribution in [0.4, 0.5) is 0 Å². The Bertz CT molecular complexity index is 369. The van der Waals surface area contributed by atoms with E-state index in [2.05, 4.69) is 53.3 Å². The molecule has 0 spiro atoms. The number of nitrogens with one attached hydrogen (secondary N) is 1. The van der Waals surface area contributed by atoms with Gasteiger partial charge in [-0.25, -0.2) is 0 Å². The second-order valence-corrected chi connectivity index (χ2v) is 5.61. The van der Waals surface area contributed by atoms with Gasteiger partial charge in [0.1, 0.15) is 0 Å². The molecule has 3 heteroatoms. The lowest BCUT2D eigenvalue weighted by molar-refractivity contribution is 0.0461. The summed E-state index contributed by atoms with van der Waals surface area (Å²) in [6.07, 6.45) is 2.42. The molecule has 2 nitrogen and oxygen atoms in total. The molecule has 3 atom stereocenters. The van der Waals surface area contributed by atoms with Crippen LogP contribution in [0.3, 0.4) is 0 Å². The standard InChI is InChI=1S/C14H20BrNO/c1-3-13-7-8-17-14(10(2)16-13)11-5-4-6-12(15)9-11/h4-6,9-10,13-14,16H,3,7-8H2,1-2H3. The molecule has 1 aromatic rings. The fraction of sp³-hybridized carbons (Fsp3) is 0.571. The van der Waals surface area contributed by atoms with Crippen molar-refractivity contribution < 1.29 is 4.74 Å². The molecule has 1 aliphatic rings. The zero-order valence-corrected chi connectivity index (χ0v) is 12.0. The molecule has 0 aromatic heterocycles. The van der Waals surface area contributed by atoms with Gasteiger partial charge in [-0.15, -0.1) is 0 Å². The monoisotopic (exact) mass is 297 g/mol. The average molecular weight is 298 g/mol. The summed E-state index contributed by atoms with van der Waals surface area (Å²) in [6.45, 7) is 5.27. The van der Waals surface area contributed by atoms with Crippen LogP contribution >= 0.6 is 15.9 Å². The lowest BCUT2D eigenvalue weighted by Crippen LogP contribution is -2.37. The first-order chi connectivity index (χ1) is 8.20. The van der Waals surface area contributed by atoms with Crippen molar-refractivity contribution in [2.75, 3.05) is 6.61 Å². The molecular formula is C14H20BrNO. The smallest absolute Gasteiger partial charge is 0.0975 e. The average Bonchev–Trinajstić information content (AvgIpc) is 2.50. The Hall–Kier alpha value is -0.380. The van der Waals surface area contributed by atoms with Crippen LogP contribution in [0, 0.1) is 0 Å². The highest BCUT2D eigenvalue weighted by Gasteiger charge is 2.25. The third-order valence-electron chi connectivity index (χ3n) is 3.39. The van der Waals surface area contributed by atoms with Crippen LogP contribution in [0.1, 0.15) is 38.4 Å². The summed E-state index contributed by atoms with van der Waals surface area (Å²) >= 11 is 3.52. The summed E-state index contributed by atoms with van der Waals surface area (Å²) in [4.78, 5) is 0. The zero-order chi connectivity index (χ0) is 12.3. The van der Waals surface area contributed by atoms with Crippen LogP contribution in [-0.4, -0.2) is 18.7 Å². The highest BCUT2D eigenvalue weighted by molar-refractivity contribution is 9.10. The predicted octanol–water partition coefficient (Wildman–Crippen LogP) is 3.67. The van der Waals surface area contributed by atoms with Crippen LogP contribution in [0.25, 0.3) is 0 Å². The minimum absolute atomic E-state index is 0.157. The second-order valence-electron chi connectivity index (χ2n) is 4.70. The van der Waals surface area contributed by atoms with Gasteiger partial charge < -0.3 is 10.1 Å². The van der Waals surface area contributed by atoms with Crippen LogP contribution in [-0.2, 0) is 4.74 Å². The van der Waals surface area contributed by atoms with E-state index in [1.165, 1.54) is 12.0 Å². The first-order valence-corrected chi connectivity index (χ1v) is 7.13. The maximum Gasteiger partial charge on any atom is 0.0975 e. The fourth-order valence-electron chi connectivity index (χ4n) is 2.41. The molecule has 3 unspecified atom stereocenters. The van der Waals surface area contributed by atoms with E-state index in [4.69, 9.17) is 4.74 Å². The fourth-order valence-corrected chi connectivity index (χ4v) is 2.83. The van der Waals surface area contributed by atoms with Gasteiger partial charge in [-0.1, -0.05) is 35.0 Å². The molecule has 1 aliphatic heterocycles. The van der Waals surface area contributed by atoms with Crippen molar-refractivity contribution in [2.45, 2.75) is 44.9 Å². The van der Waals surface area contributed by atoms with Crippen molar-refractivity contribution in [1.29, 1.82) is 0 Å². The van der Waals surface area contributed by atoms with Gasteiger partial charge in [0.25, 0.3) is 0 Å². The van der Waals surface area contributed by atoms with E-state index >= 15 is 0 Å². The van der Waals surface area contributed by atoms with E-state index in [0.29, 0.717) is 12.1 Å². The van der Waals surface area contributed by atoms with Crippen molar-refractivity contribution >= 4 is 15.9 Å². The summed E-state index contributed by atoms with van der Waals surface area (Å²) < 4.78 is 7.12. The van der Waals surface area contributed by atoms with E-state index in [-0.39, 0.29) is 6.10 Å². The number of hydrogen-bond donors (Lipinski definition) is 1. The van der Waals surface area contributed by atoms with Gasteiger partial charge in [0.05, 0.1) is 6.10 Å². The zero-order valence-electron chi connectivity index (χ0n) is 10.4. The van der Waals surface area contributed by atoms with Gasteiger partial charge in [-0.3, -0.25) is 0 Å². The normalized spacial score (nSPS) is 29.9. The Balaban J connectivity index is 2.15. The quantitative estimate of drug-likeness (QED) is 0.899. The molecule has 1 aromatic carbocycles. The van der Waals surface area contributed by atoms with Gasteiger partial charge in [-0.05, 0) is 37.5 Å². The molecule has 1 heterocycles. The Kier molecular flexibility index (Phi) is 4.60. The van der Waals surface area contributed by atoms with Crippen molar-refractivity contribution in [3.8, 4) is 0 Å². The molecule has 1 fully saturated rings. The molecule has 1 N–H and O–H groups in total. The Morgan fingerprint density at radius 3 is 3.00 bits per heavy atom.